The molecule has 1 atom stereocenters. The first-order valence-corrected chi connectivity index (χ1v) is 22.2. The Balaban J connectivity index is 0.809. The van der Waals surface area contributed by atoms with Gasteiger partial charge in [-0.05, 0) is 92.3 Å². The monoisotopic (exact) mass is 875 g/mol. The van der Waals surface area contributed by atoms with E-state index in [9.17, 15) is 14.4 Å². The van der Waals surface area contributed by atoms with E-state index in [0.29, 0.717) is 47.7 Å². The van der Waals surface area contributed by atoms with Crippen molar-refractivity contribution in [2.24, 2.45) is 5.92 Å². The number of amides is 4. The predicted molar refractivity (Wildman–Crippen MR) is 247 cm³/mol. The fourth-order valence-electron chi connectivity index (χ4n) is 8.95. The summed E-state index contributed by atoms with van der Waals surface area (Å²) in [4.78, 5) is 68.4. The molecule has 0 bridgehead atoms. The lowest BCUT2D eigenvalue weighted by Gasteiger charge is -2.39. The summed E-state index contributed by atoms with van der Waals surface area (Å²) >= 11 is 0. The van der Waals surface area contributed by atoms with Crippen molar-refractivity contribution in [1.29, 1.82) is 0 Å². The maximum atomic E-state index is 13.0. The number of urea groups is 1. The van der Waals surface area contributed by atoms with Crippen LogP contribution in [0.25, 0.3) is 33.1 Å². The molecule has 17 heteroatoms. The maximum absolute atomic E-state index is 13.0. The van der Waals surface area contributed by atoms with Crippen LogP contribution in [0.4, 0.5) is 27.8 Å². The van der Waals surface area contributed by atoms with E-state index in [2.05, 4.69) is 69.6 Å². The Labute approximate surface area is 377 Å². The fraction of sp³-hybridized carbons (Fsp3) is 0.396. The van der Waals surface area contributed by atoms with E-state index in [-0.39, 0.29) is 29.3 Å². The smallest absolute Gasteiger partial charge is 0.328 e. The molecule has 0 spiro atoms. The number of piperidine rings is 1. The lowest BCUT2D eigenvalue weighted by atomic mass is 9.95. The van der Waals surface area contributed by atoms with Gasteiger partial charge in [-0.15, -0.1) is 0 Å². The quantitative estimate of drug-likeness (QED) is 0.136. The highest BCUT2D eigenvalue weighted by Gasteiger charge is 2.28. The van der Waals surface area contributed by atoms with Crippen molar-refractivity contribution in [2.45, 2.75) is 65.3 Å². The van der Waals surface area contributed by atoms with Gasteiger partial charge < -0.3 is 24.5 Å². The number of benzene rings is 2. The maximum Gasteiger partial charge on any atom is 0.328 e. The number of aromatic nitrogens is 6. The number of hydrogen-bond donors (Lipinski definition) is 2. The van der Waals surface area contributed by atoms with Crippen molar-refractivity contribution in [2.75, 3.05) is 67.1 Å². The van der Waals surface area contributed by atoms with Gasteiger partial charge in [-0.3, -0.25) is 24.7 Å². The number of piperazine rings is 1. The lowest BCUT2D eigenvalue weighted by molar-refractivity contribution is -0.120. The molecule has 2 aromatic carbocycles. The molecule has 4 amide bonds. The fourth-order valence-corrected chi connectivity index (χ4v) is 8.95. The third-order valence-corrected chi connectivity index (χ3v) is 12.7. The van der Waals surface area contributed by atoms with Crippen molar-refractivity contribution in [3.63, 3.8) is 0 Å². The molecule has 3 saturated heterocycles. The van der Waals surface area contributed by atoms with Crippen LogP contribution in [-0.4, -0.2) is 105 Å². The summed E-state index contributed by atoms with van der Waals surface area (Å²) in [6.07, 6.45) is 6.01. The second-order valence-electron chi connectivity index (χ2n) is 18.2. The Hall–Kier alpha value is -7.19. The zero-order valence-corrected chi connectivity index (χ0v) is 37.4. The molecule has 0 unspecified atom stereocenters. The van der Waals surface area contributed by atoms with E-state index in [1.807, 2.05) is 77.2 Å². The first kappa shape index (κ1) is 43.1. The van der Waals surface area contributed by atoms with Crippen LogP contribution in [0.5, 0.6) is 0 Å². The van der Waals surface area contributed by atoms with E-state index in [0.717, 1.165) is 98.1 Å². The number of hydrogen-bond acceptors (Lipinski definition) is 12. The summed E-state index contributed by atoms with van der Waals surface area (Å²) in [5.74, 6) is 2.23. The van der Waals surface area contributed by atoms with Crippen LogP contribution in [0.1, 0.15) is 80.6 Å². The summed E-state index contributed by atoms with van der Waals surface area (Å²) in [5.41, 5.74) is 6.42. The summed E-state index contributed by atoms with van der Waals surface area (Å²) in [6, 6.07) is 19.3. The summed E-state index contributed by atoms with van der Waals surface area (Å²) in [6.45, 7) is 24.8. The molecular formula is C48H53N13O4. The normalized spacial score (nSPS) is 17.0. The molecule has 3 aliphatic rings. The number of nitrogens with one attached hydrogen (secondary N) is 2. The highest BCUT2D eigenvalue weighted by atomic mass is 16.5. The summed E-state index contributed by atoms with van der Waals surface area (Å²) in [7, 11) is 0. The van der Waals surface area contributed by atoms with Crippen LogP contribution in [0.15, 0.2) is 77.6 Å². The topological polar surface area (TPSA) is 175 Å². The highest BCUT2D eigenvalue weighted by molar-refractivity contribution is 6.05. The van der Waals surface area contributed by atoms with Crippen LogP contribution >= 0.6 is 0 Å². The number of imide groups is 1. The third-order valence-electron chi connectivity index (χ3n) is 12.7. The number of fused-ring (bicyclic) bond motifs is 1. The van der Waals surface area contributed by atoms with Crippen LogP contribution in [0.2, 0.25) is 0 Å². The molecule has 0 saturated carbocycles. The van der Waals surface area contributed by atoms with Crippen LogP contribution in [-0.2, 0) is 10.2 Å². The Morgan fingerprint density at radius 2 is 1.63 bits per heavy atom. The van der Waals surface area contributed by atoms with Crippen molar-refractivity contribution >= 4 is 46.5 Å². The standard InChI is InChI=1S/C48H53N13O4/c1-30-25-33(7-13-37(30)31(2)52-44(63)45-55-46(56-65-45)48(3,4)5)43-53-38(26-40-51-28-41(49-6)61(40)43)34-8-14-39(50-27-34)59-23-21-57(22-24-59)29-32-15-18-58(19-16-32)35-9-11-36(12-10-35)60-20-17-42(62)54-47(60)64/h7-14,25-28,31-32H,15-24,29H2,1-5H3,(H,52,63)(H,54,62,64)/t31-/m1/s1. The lowest BCUT2D eigenvalue weighted by Crippen LogP contribution is -2.49. The molecule has 6 aromatic rings. The van der Waals surface area contributed by atoms with Crippen molar-refractivity contribution in [1.82, 2.24) is 45.0 Å². The van der Waals surface area contributed by atoms with Gasteiger partial charge in [-0.25, -0.2) is 24.1 Å². The van der Waals surface area contributed by atoms with Gasteiger partial charge in [0.1, 0.15) is 5.82 Å². The highest BCUT2D eigenvalue weighted by Crippen LogP contribution is 2.32. The summed E-state index contributed by atoms with van der Waals surface area (Å²) < 4.78 is 7.03. The molecule has 2 N–H and O–H groups in total. The zero-order chi connectivity index (χ0) is 45.4. The molecule has 0 aliphatic carbocycles. The van der Waals surface area contributed by atoms with Gasteiger partial charge >= 0.3 is 17.8 Å². The van der Waals surface area contributed by atoms with E-state index < -0.39 is 5.91 Å². The van der Waals surface area contributed by atoms with E-state index in [4.69, 9.17) is 21.1 Å². The largest absolute Gasteiger partial charge is 0.372 e. The average Bonchev–Trinajstić information content (AvgIpc) is 3.99. The Morgan fingerprint density at radius 1 is 0.892 bits per heavy atom. The number of anilines is 3. The van der Waals surface area contributed by atoms with Gasteiger partial charge in [-0.2, -0.15) is 4.98 Å². The number of carbonyl (C=O) groups is 3. The van der Waals surface area contributed by atoms with Gasteiger partial charge in [0.2, 0.25) is 17.4 Å². The first-order chi connectivity index (χ1) is 31.3. The average molecular weight is 876 g/mol. The van der Waals surface area contributed by atoms with Gasteiger partial charge in [0.15, 0.2) is 5.82 Å². The number of imidazole rings is 1. The van der Waals surface area contributed by atoms with E-state index >= 15 is 0 Å². The number of pyridine rings is 1. The van der Waals surface area contributed by atoms with Crippen molar-refractivity contribution < 1.29 is 18.9 Å². The molecule has 0 radical (unpaired) electrons. The minimum atomic E-state index is -0.444. The molecule has 334 valence electrons. The molecule has 4 aromatic heterocycles. The van der Waals surface area contributed by atoms with Crippen molar-refractivity contribution in [3.8, 4) is 22.6 Å². The van der Waals surface area contributed by atoms with Gasteiger partial charge in [0.05, 0.1) is 17.9 Å². The second-order valence-corrected chi connectivity index (χ2v) is 18.2. The molecule has 65 heavy (non-hydrogen) atoms. The van der Waals surface area contributed by atoms with Gasteiger partial charge in [-0.1, -0.05) is 38.6 Å². The Bertz CT molecular complexity index is 2770. The second kappa shape index (κ2) is 17.8. The molecule has 3 fully saturated rings. The number of carbonyl (C=O) groups excluding carboxylic acids is 3. The molecule has 3 aliphatic heterocycles. The number of rotatable bonds is 10. The third kappa shape index (κ3) is 9.12. The first-order valence-electron chi connectivity index (χ1n) is 22.2. The zero-order valence-electron chi connectivity index (χ0n) is 37.4. The predicted octanol–water partition coefficient (Wildman–Crippen LogP) is 6.97. The van der Waals surface area contributed by atoms with Gasteiger partial charge in [0.25, 0.3) is 5.82 Å². The van der Waals surface area contributed by atoms with E-state index in [1.54, 1.807) is 15.5 Å². The van der Waals surface area contributed by atoms with Gasteiger partial charge in [0, 0.05) is 99.0 Å². The Morgan fingerprint density at radius 3 is 2.29 bits per heavy atom. The number of aryl methyl sites for hydroxylation is 1. The molecular weight excluding hydrogens is 823 g/mol. The minimum Gasteiger partial charge on any atom is -0.372 e. The Kier molecular flexibility index (Phi) is 11.8. The van der Waals surface area contributed by atoms with Crippen molar-refractivity contribution in [3.05, 3.63) is 107 Å². The minimum absolute atomic E-state index is 0.0778. The van der Waals surface area contributed by atoms with Crippen LogP contribution in [0.3, 0.4) is 0 Å². The SMILES string of the molecule is [C-]#[N+]c1cnc2cc(-c3ccc(N4CCN(CC5CCN(c6ccc(N7CCC(=O)NC7=O)cc6)CC5)CC4)nc3)nc(-c3ccc([C@@H](C)NC(=O)c4nc(C(C)(C)C)no4)c(C)c3)n12. The van der Waals surface area contributed by atoms with E-state index in [1.165, 1.54) is 0 Å². The molecule has 17 nitrogen and oxygen atoms in total. The molecule has 9 rings (SSSR count). The van der Waals surface area contributed by atoms with Crippen LogP contribution in [0, 0.1) is 19.4 Å². The van der Waals surface area contributed by atoms with Crippen LogP contribution < -0.4 is 25.3 Å². The summed E-state index contributed by atoms with van der Waals surface area (Å²) in [5, 5.41) is 9.35. The molecule has 7 heterocycles. The number of nitrogens with zero attached hydrogens (tertiary/aromatic N) is 11.